The molecule has 1 heterocycles. The molecule has 0 atom stereocenters. The van der Waals surface area contributed by atoms with Crippen LogP contribution in [0.2, 0.25) is 0 Å². The molecule has 120 valence electrons. The molecule has 0 bridgehead atoms. The van der Waals surface area contributed by atoms with E-state index in [4.69, 9.17) is 0 Å². The lowest BCUT2D eigenvalue weighted by atomic mass is 10.1. The van der Waals surface area contributed by atoms with Crippen LogP contribution in [0.3, 0.4) is 0 Å². The average molecular weight is 320 g/mol. The molecular weight excluding hydrogens is 304 g/mol. The molecule has 3 aromatic rings. The van der Waals surface area contributed by atoms with Gasteiger partial charge in [0.2, 0.25) is 11.8 Å². The van der Waals surface area contributed by atoms with Gasteiger partial charge in [-0.15, -0.1) is 9.89 Å². The number of carbonyl (C=O) groups is 2. The van der Waals surface area contributed by atoms with Gasteiger partial charge in [0.15, 0.2) is 0 Å². The molecule has 2 amide bonds. The molecule has 6 heteroatoms. The second-order valence-electron chi connectivity index (χ2n) is 5.26. The van der Waals surface area contributed by atoms with E-state index in [2.05, 4.69) is 10.3 Å². The maximum absolute atomic E-state index is 11.9. The molecule has 6 nitrogen and oxygen atoms in total. The number of carbonyl (C=O) groups excluding carboxylic acids is 2. The van der Waals surface area contributed by atoms with E-state index < -0.39 is 11.8 Å². The van der Waals surface area contributed by atoms with E-state index in [1.165, 1.54) is 18.6 Å². The number of hydrogen-bond acceptors (Lipinski definition) is 4. The van der Waals surface area contributed by atoms with Gasteiger partial charge < -0.3 is 0 Å². The highest BCUT2D eigenvalue weighted by Gasteiger charge is 2.25. The topological polar surface area (TPSA) is 68.1 Å². The predicted molar refractivity (Wildman–Crippen MR) is 90.5 cm³/mol. The summed E-state index contributed by atoms with van der Waals surface area (Å²) in [6.07, 6.45) is 0. The molecule has 0 unspecified atom stereocenters. The number of hydrogen-bond donors (Lipinski definition) is 0. The Balaban J connectivity index is 2.26. The lowest BCUT2D eigenvalue weighted by Crippen LogP contribution is -2.43. The lowest BCUT2D eigenvalue weighted by Gasteiger charge is -2.18. The van der Waals surface area contributed by atoms with Crippen molar-refractivity contribution in [2.45, 2.75) is 13.8 Å². The van der Waals surface area contributed by atoms with Gasteiger partial charge in [-0.2, -0.15) is 5.01 Å². The van der Waals surface area contributed by atoms with E-state index in [0.717, 1.165) is 16.1 Å². The van der Waals surface area contributed by atoms with Crippen LogP contribution in [-0.4, -0.2) is 26.9 Å². The van der Waals surface area contributed by atoms with Crippen LogP contribution in [0, 0.1) is 0 Å². The van der Waals surface area contributed by atoms with Crippen molar-refractivity contribution in [3.8, 4) is 22.5 Å². The number of amides is 2. The summed E-state index contributed by atoms with van der Waals surface area (Å²) in [5.74, 6) is -0.853. The second-order valence-corrected chi connectivity index (χ2v) is 5.26. The van der Waals surface area contributed by atoms with E-state index in [-0.39, 0.29) is 0 Å². The Morgan fingerprint density at radius 3 is 1.83 bits per heavy atom. The largest absolute Gasteiger partial charge is 0.273 e. The fourth-order valence-corrected chi connectivity index (χ4v) is 2.54. The Hall–Kier alpha value is -3.28. The van der Waals surface area contributed by atoms with E-state index in [9.17, 15) is 9.59 Å². The van der Waals surface area contributed by atoms with E-state index in [1.54, 1.807) is 0 Å². The summed E-state index contributed by atoms with van der Waals surface area (Å²) >= 11 is 0. The maximum Gasteiger partial charge on any atom is 0.246 e. The van der Waals surface area contributed by atoms with Gasteiger partial charge in [0.05, 0.1) is 0 Å². The third kappa shape index (κ3) is 2.81. The van der Waals surface area contributed by atoms with E-state index in [0.29, 0.717) is 11.4 Å². The summed E-state index contributed by atoms with van der Waals surface area (Å²) in [6.45, 7) is 2.64. The standard InChI is InChI=1S/C18H16N4O2/c1-13(23)21(14(2)24)22-18(16-11-7-4-8-12-16)17(19-20-22)15-9-5-3-6-10-15/h3-12H,1-2H3. The molecule has 24 heavy (non-hydrogen) atoms. The first-order valence-corrected chi connectivity index (χ1v) is 7.47. The van der Waals surface area contributed by atoms with Gasteiger partial charge in [0.1, 0.15) is 11.4 Å². The minimum atomic E-state index is -0.427. The molecule has 0 aliphatic rings. The van der Waals surface area contributed by atoms with Gasteiger partial charge in [-0.1, -0.05) is 60.7 Å². The number of nitrogens with zero attached hydrogens (tertiary/aromatic N) is 4. The minimum absolute atomic E-state index is 0.427. The fraction of sp³-hybridized carbons (Fsp3) is 0.111. The first-order chi connectivity index (χ1) is 11.6. The van der Waals surface area contributed by atoms with Crippen LogP contribution in [0.15, 0.2) is 60.7 Å². The highest BCUT2D eigenvalue weighted by Crippen LogP contribution is 2.30. The minimum Gasteiger partial charge on any atom is -0.273 e. The molecule has 0 aliphatic heterocycles. The lowest BCUT2D eigenvalue weighted by molar-refractivity contribution is -0.126. The zero-order valence-electron chi connectivity index (χ0n) is 13.4. The maximum atomic E-state index is 11.9. The Morgan fingerprint density at radius 1 is 0.833 bits per heavy atom. The Bertz CT molecular complexity index is 859. The quantitative estimate of drug-likeness (QED) is 0.744. The van der Waals surface area contributed by atoms with Crippen molar-refractivity contribution in [3.63, 3.8) is 0 Å². The van der Waals surface area contributed by atoms with Crippen molar-refractivity contribution in [2.75, 3.05) is 5.01 Å². The zero-order valence-corrected chi connectivity index (χ0v) is 13.4. The summed E-state index contributed by atoms with van der Waals surface area (Å²) < 4.78 is 0. The van der Waals surface area contributed by atoms with Crippen LogP contribution < -0.4 is 5.01 Å². The predicted octanol–water partition coefficient (Wildman–Crippen LogP) is 2.64. The second kappa shape index (κ2) is 6.45. The van der Waals surface area contributed by atoms with Gasteiger partial charge in [-0.3, -0.25) is 9.59 Å². The normalized spacial score (nSPS) is 10.4. The molecule has 0 saturated heterocycles. The average Bonchev–Trinajstić information content (AvgIpc) is 3.00. The molecule has 0 aliphatic carbocycles. The van der Waals surface area contributed by atoms with Gasteiger partial charge >= 0.3 is 0 Å². The number of rotatable bonds is 3. The molecule has 3 rings (SSSR count). The molecule has 1 aromatic heterocycles. The molecule has 0 spiro atoms. The molecule has 2 aromatic carbocycles. The molecule has 0 fully saturated rings. The third-order valence-corrected chi connectivity index (χ3v) is 3.53. The highest BCUT2D eigenvalue weighted by molar-refractivity contribution is 6.06. The Morgan fingerprint density at radius 2 is 1.33 bits per heavy atom. The van der Waals surface area contributed by atoms with E-state index in [1.807, 2.05) is 60.7 Å². The molecule has 0 N–H and O–H groups in total. The van der Waals surface area contributed by atoms with Crippen molar-refractivity contribution in [2.24, 2.45) is 0 Å². The van der Waals surface area contributed by atoms with Gasteiger partial charge in [0, 0.05) is 25.0 Å². The number of benzene rings is 2. The van der Waals surface area contributed by atoms with Gasteiger partial charge in [0.25, 0.3) is 0 Å². The summed E-state index contributed by atoms with van der Waals surface area (Å²) in [7, 11) is 0. The first-order valence-electron chi connectivity index (χ1n) is 7.47. The van der Waals surface area contributed by atoms with Crippen LogP contribution in [0.1, 0.15) is 13.8 Å². The highest BCUT2D eigenvalue weighted by atomic mass is 16.2. The number of imide groups is 1. The summed E-state index contributed by atoms with van der Waals surface area (Å²) in [4.78, 5) is 25.1. The fourth-order valence-electron chi connectivity index (χ4n) is 2.54. The zero-order chi connectivity index (χ0) is 17.1. The van der Waals surface area contributed by atoms with Crippen molar-refractivity contribution in [1.29, 1.82) is 0 Å². The van der Waals surface area contributed by atoms with Crippen molar-refractivity contribution in [1.82, 2.24) is 15.1 Å². The van der Waals surface area contributed by atoms with Crippen LogP contribution in [-0.2, 0) is 9.59 Å². The van der Waals surface area contributed by atoms with Crippen molar-refractivity contribution in [3.05, 3.63) is 60.7 Å². The third-order valence-electron chi connectivity index (χ3n) is 3.53. The van der Waals surface area contributed by atoms with Crippen LogP contribution >= 0.6 is 0 Å². The SMILES string of the molecule is CC(=O)N(C(C)=O)n1nnc(-c2ccccc2)c1-c1ccccc1. The van der Waals surface area contributed by atoms with Crippen LogP contribution in [0.25, 0.3) is 22.5 Å². The van der Waals surface area contributed by atoms with Gasteiger partial charge in [-0.05, 0) is 5.21 Å². The monoisotopic (exact) mass is 320 g/mol. The van der Waals surface area contributed by atoms with Gasteiger partial charge in [-0.25, -0.2) is 0 Å². The van der Waals surface area contributed by atoms with Crippen LogP contribution in [0.5, 0.6) is 0 Å². The molecule has 0 saturated carbocycles. The molecule has 0 radical (unpaired) electrons. The van der Waals surface area contributed by atoms with Crippen LogP contribution in [0.4, 0.5) is 0 Å². The summed E-state index contributed by atoms with van der Waals surface area (Å²) in [5, 5.41) is 9.25. The Kier molecular flexibility index (Phi) is 4.20. The number of aromatic nitrogens is 3. The summed E-state index contributed by atoms with van der Waals surface area (Å²) in [5.41, 5.74) is 2.87. The Labute approximate surface area is 139 Å². The van der Waals surface area contributed by atoms with Crippen molar-refractivity contribution < 1.29 is 9.59 Å². The smallest absolute Gasteiger partial charge is 0.246 e. The van der Waals surface area contributed by atoms with Crippen molar-refractivity contribution >= 4 is 11.8 Å². The summed E-state index contributed by atoms with van der Waals surface area (Å²) in [6, 6.07) is 19.0. The molecular formula is C18H16N4O2. The first kappa shape index (κ1) is 15.6. The van der Waals surface area contributed by atoms with E-state index >= 15 is 0 Å².